The van der Waals surface area contributed by atoms with E-state index in [2.05, 4.69) is 5.32 Å². The lowest BCUT2D eigenvalue weighted by Gasteiger charge is -2.33. The van der Waals surface area contributed by atoms with Crippen molar-refractivity contribution >= 4 is 12.0 Å². The SMILES string of the molecule is COCC1CCN(C(=O)NCC2(C(=O)O)CCCCC2)C1. The number of methoxy groups -OCH3 is 1. The van der Waals surface area contributed by atoms with Crippen LogP contribution in [0.2, 0.25) is 0 Å². The van der Waals surface area contributed by atoms with Crippen LogP contribution in [0.1, 0.15) is 38.5 Å². The number of carboxylic acid groups (broad SMARTS) is 1. The molecule has 1 aliphatic carbocycles. The van der Waals surface area contributed by atoms with E-state index in [9.17, 15) is 14.7 Å². The second kappa shape index (κ2) is 7.11. The minimum absolute atomic E-state index is 0.139. The number of urea groups is 1. The second-order valence-corrected chi connectivity index (χ2v) is 6.36. The van der Waals surface area contributed by atoms with Crippen LogP contribution in [-0.4, -0.2) is 55.4 Å². The number of hydrogen-bond donors (Lipinski definition) is 2. The van der Waals surface area contributed by atoms with Crippen molar-refractivity contribution in [3.05, 3.63) is 0 Å². The Hall–Kier alpha value is -1.30. The molecule has 2 fully saturated rings. The van der Waals surface area contributed by atoms with Crippen LogP contribution in [0.25, 0.3) is 0 Å². The van der Waals surface area contributed by atoms with Gasteiger partial charge in [-0.15, -0.1) is 0 Å². The van der Waals surface area contributed by atoms with Gasteiger partial charge in [0.15, 0.2) is 0 Å². The summed E-state index contributed by atoms with van der Waals surface area (Å²) in [5.74, 6) is -0.384. The Bertz CT molecular complexity index is 380. The van der Waals surface area contributed by atoms with E-state index in [0.29, 0.717) is 31.9 Å². The first-order valence-electron chi connectivity index (χ1n) is 7.82. The van der Waals surface area contributed by atoms with E-state index in [4.69, 9.17) is 4.74 Å². The fourth-order valence-electron chi connectivity index (χ4n) is 3.44. The number of carboxylic acids is 1. The zero-order valence-corrected chi connectivity index (χ0v) is 12.8. The average molecular weight is 298 g/mol. The molecule has 0 aromatic heterocycles. The Labute approximate surface area is 125 Å². The number of hydrogen-bond acceptors (Lipinski definition) is 3. The van der Waals surface area contributed by atoms with Crippen molar-refractivity contribution in [2.24, 2.45) is 11.3 Å². The second-order valence-electron chi connectivity index (χ2n) is 6.36. The monoisotopic (exact) mass is 298 g/mol. The van der Waals surface area contributed by atoms with Gasteiger partial charge in [-0.1, -0.05) is 19.3 Å². The number of ether oxygens (including phenoxy) is 1. The van der Waals surface area contributed by atoms with Gasteiger partial charge in [-0.2, -0.15) is 0 Å². The quantitative estimate of drug-likeness (QED) is 0.809. The van der Waals surface area contributed by atoms with Crippen LogP contribution in [0.15, 0.2) is 0 Å². The number of rotatable bonds is 5. The van der Waals surface area contributed by atoms with E-state index in [1.807, 2.05) is 0 Å². The minimum atomic E-state index is -0.777. The number of carbonyl (C=O) groups excluding carboxylic acids is 1. The van der Waals surface area contributed by atoms with E-state index in [1.165, 1.54) is 0 Å². The van der Waals surface area contributed by atoms with E-state index < -0.39 is 11.4 Å². The van der Waals surface area contributed by atoms with Gasteiger partial charge in [-0.25, -0.2) is 4.79 Å². The third-order valence-corrected chi connectivity index (χ3v) is 4.82. The number of carbonyl (C=O) groups is 2. The molecule has 0 spiro atoms. The lowest BCUT2D eigenvalue weighted by Crippen LogP contribution is -2.48. The topological polar surface area (TPSA) is 78.9 Å². The van der Waals surface area contributed by atoms with Gasteiger partial charge in [0.1, 0.15) is 0 Å². The summed E-state index contributed by atoms with van der Waals surface area (Å²) in [4.78, 5) is 25.5. The highest BCUT2D eigenvalue weighted by molar-refractivity contribution is 5.78. The molecule has 6 nitrogen and oxygen atoms in total. The van der Waals surface area contributed by atoms with Gasteiger partial charge in [0.2, 0.25) is 0 Å². The molecule has 21 heavy (non-hydrogen) atoms. The molecule has 1 saturated carbocycles. The Kier molecular flexibility index (Phi) is 5.45. The van der Waals surface area contributed by atoms with E-state index in [0.717, 1.165) is 32.2 Å². The normalized spacial score (nSPS) is 24.8. The van der Waals surface area contributed by atoms with Crippen molar-refractivity contribution in [2.45, 2.75) is 38.5 Å². The maximum Gasteiger partial charge on any atom is 0.317 e. The van der Waals surface area contributed by atoms with Crippen LogP contribution in [0.4, 0.5) is 4.79 Å². The van der Waals surface area contributed by atoms with Gasteiger partial charge in [-0.05, 0) is 19.3 Å². The molecule has 1 heterocycles. The number of nitrogens with one attached hydrogen (secondary N) is 1. The van der Waals surface area contributed by atoms with Crippen LogP contribution < -0.4 is 5.32 Å². The first-order valence-corrected chi connectivity index (χ1v) is 7.82. The van der Waals surface area contributed by atoms with Gasteiger partial charge in [0.05, 0.1) is 12.0 Å². The third-order valence-electron chi connectivity index (χ3n) is 4.82. The van der Waals surface area contributed by atoms with Crippen molar-refractivity contribution in [3.63, 3.8) is 0 Å². The maximum atomic E-state index is 12.2. The average Bonchev–Trinajstić information content (AvgIpc) is 2.95. The Morgan fingerprint density at radius 2 is 2.05 bits per heavy atom. The molecule has 0 radical (unpaired) electrons. The predicted octanol–water partition coefficient (Wildman–Crippen LogP) is 1.70. The van der Waals surface area contributed by atoms with Crippen LogP contribution in [0.5, 0.6) is 0 Å². The molecule has 2 N–H and O–H groups in total. The summed E-state index contributed by atoms with van der Waals surface area (Å²) in [6.45, 7) is 2.33. The summed E-state index contributed by atoms with van der Waals surface area (Å²) in [5, 5.41) is 12.3. The summed E-state index contributed by atoms with van der Waals surface area (Å²) in [5.41, 5.74) is -0.764. The van der Waals surface area contributed by atoms with Gasteiger partial charge in [-0.3, -0.25) is 4.79 Å². The maximum absolute atomic E-state index is 12.2. The molecule has 0 bridgehead atoms. The molecule has 2 amide bonds. The summed E-state index contributed by atoms with van der Waals surface area (Å²) >= 11 is 0. The summed E-state index contributed by atoms with van der Waals surface area (Å²) < 4.78 is 5.12. The molecule has 1 unspecified atom stereocenters. The zero-order valence-electron chi connectivity index (χ0n) is 12.8. The molecule has 2 rings (SSSR count). The molecule has 6 heteroatoms. The molecule has 120 valence electrons. The molecular weight excluding hydrogens is 272 g/mol. The standard InChI is InChI=1S/C15H26N2O4/c1-21-10-12-5-8-17(9-12)14(20)16-11-15(13(18)19)6-3-2-4-7-15/h12H,2-11H2,1H3,(H,16,20)(H,18,19). The van der Waals surface area contributed by atoms with Gasteiger partial charge >= 0.3 is 12.0 Å². The third kappa shape index (κ3) is 3.87. The molecule has 1 atom stereocenters. The summed E-state index contributed by atoms with van der Waals surface area (Å²) in [6, 6.07) is -0.139. The van der Waals surface area contributed by atoms with Crippen LogP contribution in [0, 0.1) is 11.3 Å². The molecule has 0 aromatic rings. The first kappa shape index (κ1) is 16.1. The van der Waals surface area contributed by atoms with Crippen LogP contribution in [-0.2, 0) is 9.53 Å². The Morgan fingerprint density at radius 1 is 1.33 bits per heavy atom. The Morgan fingerprint density at radius 3 is 2.67 bits per heavy atom. The van der Waals surface area contributed by atoms with Crippen LogP contribution in [0.3, 0.4) is 0 Å². The van der Waals surface area contributed by atoms with E-state index >= 15 is 0 Å². The fraction of sp³-hybridized carbons (Fsp3) is 0.867. The van der Waals surface area contributed by atoms with Gasteiger partial charge in [0.25, 0.3) is 0 Å². The number of amides is 2. The highest BCUT2D eigenvalue weighted by atomic mass is 16.5. The number of likely N-dealkylation sites (tertiary alicyclic amines) is 1. The van der Waals surface area contributed by atoms with Crippen molar-refractivity contribution in [2.75, 3.05) is 33.4 Å². The van der Waals surface area contributed by atoms with Gasteiger partial charge < -0.3 is 20.1 Å². The highest BCUT2D eigenvalue weighted by Crippen LogP contribution is 2.36. The van der Waals surface area contributed by atoms with Gasteiger partial charge in [0, 0.05) is 32.7 Å². The number of aliphatic carboxylic acids is 1. The predicted molar refractivity (Wildman–Crippen MR) is 78.1 cm³/mol. The Balaban J connectivity index is 1.84. The van der Waals surface area contributed by atoms with E-state index in [1.54, 1.807) is 12.0 Å². The summed E-state index contributed by atoms with van der Waals surface area (Å²) in [7, 11) is 1.67. The van der Waals surface area contributed by atoms with Crippen molar-refractivity contribution in [1.29, 1.82) is 0 Å². The molecule has 1 saturated heterocycles. The molecule has 2 aliphatic rings. The molecule has 1 aliphatic heterocycles. The number of nitrogens with zero attached hydrogens (tertiary/aromatic N) is 1. The molecule has 0 aromatic carbocycles. The first-order chi connectivity index (χ1) is 10.1. The largest absolute Gasteiger partial charge is 0.481 e. The zero-order chi connectivity index (χ0) is 15.3. The lowest BCUT2D eigenvalue weighted by atomic mass is 9.74. The smallest absolute Gasteiger partial charge is 0.317 e. The van der Waals surface area contributed by atoms with Crippen LogP contribution >= 0.6 is 0 Å². The van der Waals surface area contributed by atoms with Crippen molar-refractivity contribution < 1.29 is 19.4 Å². The minimum Gasteiger partial charge on any atom is -0.481 e. The summed E-state index contributed by atoms with van der Waals surface area (Å²) in [6.07, 6.45) is 5.23. The highest BCUT2D eigenvalue weighted by Gasteiger charge is 2.40. The van der Waals surface area contributed by atoms with Crippen molar-refractivity contribution in [3.8, 4) is 0 Å². The lowest BCUT2D eigenvalue weighted by molar-refractivity contribution is -0.150. The van der Waals surface area contributed by atoms with E-state index in [-0.39, 0.29) is 12.6 Å². The molecular formula is C15H26N2O4. The fourth-order valence-corrected chi connectivity index (χ4v) is 3.44. The van der Waals surface area contributed by atoms with Crippen molar-refractivity contribution in [1.82, 2.24) is 10.2 Å².